The largest absolute Gasteiger partial charge is 0.349 e. The summed E-state index contributed by atoms with van der Waals surface area (Å²) in [6.45, 7) is 1.11. The van der Waals surface area contributed by atoms with E-state index < -0.39 is 0 Å². The lowest BCUT2D eigenvalue weighted by molar-refractivity contribution is 0.0947. The fraction of sp³-hybridized carbons (Fsp3) is 0.261. The molecule has 1 aliphatic carbocycles. The van der Waals surface area contributed by atoms with Gasteiger partial charge in [0.05, 0.1) is 29.5 Å². The first-order chi connectivity index (χ1) is 14.8. The van der Waals surface area contributed by atoms with Crippen molar-refractivity contribution in [2.24, 2.45) is 0 Å². The highest BCUT2D eigenvalue weighted by Crippen LogP contribution is 2.30. The van der Waals surface area contributed by atoms with Crippen molar-refractivity contribution in [1.29, 1.82) is 0 Å². The molecule has 1 amide bonds. The van der Waals surface area contributed by atoms with Gasteiger partial charge in [-0.05, 0) is 49.9 Å². The number of rotatable bonds is 5. The van der Waals surface area contributed by atoms with Gasteiger partial charge in [0.2, 0.25) is 0 Å². The number of nitrogens with zero attached hydrogens (tertiary/aromatic N) is 5. The maximum Gasteiger partial charge on any atom is 0.271 e. The molecule has 0 aliphatic heterocycles. The first-order valence-corrected chi connectivity index (χ1v) is 10.3. The number of nitrogens with one attached hydrogen (secondary N) is 1. The molecule has 3 heterocycles. The second kappa shape index (κ2) is 8.02. The number of carbonyl (C=O) groups excluding carboxylic acids is 1. The highest BCUT2D eigenvalue weighted by atomic mass is 16.1. The van der Waals surface area contributed by atoms with Gasteiger partial charge in [0.15, 0.2) is 0 Å². The number of para-hydroxylation sites is 2. The second-order valence-corrected chi connectivity index (χ2v) is 7.44. The highest BCUT2D eigenvalue weighted by Gasteiger charge is 2.21. The molecule has 0 saturated heterocycles. The van der Waals surface area contributed by atoms with E-state index in [1.807, 2.05) is 36.4 Å². The van der Waals surface area contributed by atoms with Gasteiger partial charge in [-0.1, -0.05) is 12.1 Å². The van der Waals surface area contributed by atoms with Crippen LogP contribution >= 0.6 is 0 Å². The summed E-state index contributed by atoms with van der Waals surface area (Å²) in [5.74, 6) is -0.219. The van der Waals surface area contributed by atoms with Crippen LogP contribution in [0.1, 0.15) is 34.6 Å². The lowest BCUT2D eigenvalue weighted by Gasteiger charge is -2.14. The maximum absolute atomic E-state index is 12.5. The van der Waals surface area contributed by atoms with Crippen LogP contribution in [0.4, 0.5) is 0 Å². The maximum atomic E-state index is 12.5. The molecule has 0 unspecified atom stereocenters. The van der Waals surface area contributed by atoms with Gasteiger partial charge < -0.3 is 5.32 Å². The molecule has 1 aromatic carbocycles. The minimum absolute atomic E-state index is 0.219. The van der Waals surface area contributed by atoms with E-state index in [9.17, 15) is 4.79 Å². The predicted molar refractivity (Wildman–Crippen MR) is 114 cm³/mol. The van der Waals surface area contributed by atoms with Gasteiger partial charge in [-0.25, -0.2) is 4.98 Å². The Morgan fingerprint density at radius 2 is 1.83 bits per heavy atom. The van der Waals surface area contributed by atoms with E-state index in [4.69, 9.17) is 5.10 Å². The summed E-state index contributed by atoms with van der Waals surface area (Å²) in [6.07, 6.45) is 9.56. The number of benzene rings is 1. The second-order valence-electron chi connectivity index (χ2n) is 7.44. The molecule has 7 heteroatoms. The van der Waals surface area contributed by atoms with Gasteiger partial charge in [-0.2, -0.15) is 5.10 Å². The number of carbonyl (C=O) groups is 1. The first kappa shape index (κ1) is 18.4. The van der Waals surface area contributed by atoms with E-state index in [1.54, 1.807) is 12.4 Å². The lowest BCUT2D eigenvalue weighted by Crippen LogP contribution is -2.29. The molecule has 150 valence electrons. The molecule has 0 atom stereocenters. The summed E-state index contributed by atoms with van der Waals surface area (Å²) < 4.78 is 2.05. The van der Waals surface area contributed by atoms with Crippen LogP contribution in [-0.2, 0) is 19.4 Å². The SMILES string of the molecule is O=C(NCCn1nc(-c2ccncc2)c2c1CCCC2)c1cnc2ccccc2n1. The summed E-state index contributed by atoms with van der Waals surface area (Å²) in [5, 5.41) is 7.84. The predicted octanol–water partition coefficient (Wildman–Crippen LogP) is 3.20. The first-order valence-electron chi connectivity index (χ1n) is 10.3. The van der Waals surface area contributed by atoms with E-state index in [-0.39, 0.29) is 5.91 Å². The molecule has 3 aromatic heterocycles. The van der Waals surface area contributed by atoms with E-state index >= 15 is 0 Å². The third-order valence-corrected chi connectivity index (χ3v) is 5.50. The van der Waals surface area contributed by atoms with Crippen molar-refractivity contribution in [1.82, 2.24) is 30.0 Å². The van der Waals surface area contributed by atoms with Gasteiger partial charge >= 0.3 is 0 Å². The van der Waals surface area contributed by atoms with Gasteiger partial charge in [-0.3, -0.25) is 19.4 Å². The van der Waals surface area contributed by atoms with Crippen LogP contribution < -0.4 is 5.32 Å². The van der Waals surface area contributed by atoms with E-state index in [0.29, 0.717) is 24.3 Å². The van der Waals surface area contributed by atoms with Gasteiger partial charge in [-0.15, -0.1) is 0 Å². The molecule has 5 rings (SSSR count). The van der Waals surface area contributed by atoms with Crippen molar-refractivity contribution in [3.8, 4) is 11.3 Å². The Kier molecular flexibility index (Phi) is 4.93. The molecule has 30 heavy (non-hydrogen) atoms. The number of hydrogen-bond donors (Lipinski definition) is 1. The van der Waals surface area contributed by atoms with Crippen molar-refractivity contribution in [3.63, 3.8) is 0 Å². The summed E-state index contributed by atoms with van der Waals surface area (Å²) in [7, 11) is 0. The van der Waals surface area contributed by atoms with Crippen molar-refractivity contribution < 1.29 is 4.79 Å². The Labute approximate surface area is 174 Å². The zero-order valence-corrected chi connectivity index (χ0v) is 16.6. The molecule has 4 aromatic rings. The van der Waals surface area contributed by atoms with Crippen molar-refractivity contribution in [3.05, 3.63) is 71.9 Å². The van der Waals surface area contributed by atoms with Crippen LogP contribution in [0.15, 0.2) is 55.0 Å². The topological polar surface area (TPSA) is 85.6 Å². The molecule has 0 fully saturated rings. The number of aromatic nitrogens is 5. The fourth-order valence-electron chi connectivity index (χ4n) is 4.03. The normalized spacial score (nSPS) is 13.2. The van der Waals surface area contributed by atoms with Crippen LogP contribution in [0.25, 0.3) is 22.3 Å². The zero-order chi connectivity index (χ0) is 20.3. The average molecular weight is 398 g/mol. The zero-order valence-electron chi connectivity index (χ0n) is 16.6. The summed E-state index contributed by atoms with van der Waals surface area (Å²) >= 11 is 0. The number of pyridine rings is 1. The Hall–Kier alpha value is -3.61. The van der Waals surface area contributed by atoms with Crippen LogP contribution in [0.5, 0.6) is 0 Å². The molecule has 0 radical (unpaired) electrons. The van der Waals surface area contributed by atoms with Crippen LogP contribution in [0.2, 0.25) is 0 Å². The number of amides is 1. The van der Waals surface area contributed by atoms with Gasteiger partial charge in [0, 0.05) is 35.8 Å². The number of hydrogen-bond acceptors (Lipinski definition) is 5. The van der Waals surface area contributed by atoms with Crippen LogP contribution in [-0.4, -0.2) is 37.2 Å². The Balaban J connectivity index is 1.31. The number of fused-ring (bicyclic) bond motifs is 2. The Morgan fingerprint density at radius 3 is 2.70 bits per heavy atom. The van der Waals surface area contributed by atoms with Crippen LogP contribution in [0, 0.1) is 0 Å². The fourth-order valence-corrected chi connectivity index (χ4v) is 4.03. The lowest BCUT2D eigenvalue weighted by atomic mass is 9.94. The third-order valence-electron chi connectivity index (χ3n) is 5.50. The Morgan fingerprint density at radius 1 is 1.03 bits per heavy atom. The minimum Gasteiger partial charge on any atom is -0.349 e. The monoisotopic (exact) mass is 398 g/mol. The quantitative estimate of drug-likeness (QED) is 0.558. The third kappa shape index (κ3) is 3.54. The molecule has 1 aliphatic rings. The standard InChI is InChI=1S/C23H22N6O/c30-23(20-15-26-18-6-2-3-7-19(18)27-20)25-13-14-29-21-8-4-1-5-17(21)22(28-29)16-9-11-24-12-10-16/h2-3,6-7,9-12,15H,1,4-5,8,13-14H2,(H,25,30). The van der Waals surface area contributed by atoms with E-state index in [1.165, 1.54) is 30.3 Å². The minimum atomic E-state index is -0.219. The molecular formula is C23H22N6O. The van der Waals surface area contributed by atoms with Crippen LogP contribution in [0.3, 0.4) is 0 Å². The average Bonchev–Trinajstić information content (AvgIpc) is 3.18. The van der Waals surface area contributed by atoms with Gasteiger partial charge in [0.25, 0.3) is 5.91 Å². The smallest absolute Gasteiger partial charge is 0.271 e. The molecule has 1 N–H and O–H groups in total. The molecular weight excluding hydrogens is 376 g/mol. The summed E-state index contributed by atoms with van der Waals surface area (Å²) in [4.78, 5) is 25.4. The van der Waals surface area contributed by atoms with Crippen molar-refractivity contribution in [2.75, 3.05) is 6.54 Å². The molecule has 0 spiro atoms. The summed E-state index contributed by atoms with van der Waals surface area (Å²) in [5.41, 5.74) is 6.57. The highest BCUT2D eigenvalue weighted by molar-refractivity contribution is 5.93. The van der Waals surface area contributed by atoms with E-state index in [0.717, 1.165) is 29.6 Å². The summed E-state index contributed by atoms with van der Waals surface area (Å²) in [6, 6.07) is 11.5. The van der Waals surface area contributed by atoms with Crippen molar-refractivity contribution in [2.45, 2.75) is 32.2 Å². The molecule has 0 saturated carbocycles. The molecule has 0 bridgehead atoms. The van der Waals surface area contributed by atoms with E-state index in [2.05, 4.69) is 25.0 Å². The molecule has 7 nitrogen and oxygen atoms in total. The van der Waals surface area contributed by atoms with Crippen molar-refractivity contribution >= 4 is 16.9 Å². The Bertz CT molecular complexity index is 1200. The van der Waals surface area contributed by atoms with Gasteiger partial charge in [0.1, 0.15) is 5.69 Å².